The van der Waals surface area contributed by atoms with Gasteiger partial charge >= 0.3 is 0 Å². The molecule has 0 radical (unpaired) electrons. The number of nitrogen functional groups attached to an aromatic ring is 1. The SMILES string of the molecule is CC1CCCCCCC(C2CCCCCC(c3cc(-c4ccccc4O)nnc3N)CCCC2)CCCC1. The van der Waals surface area contributed by atoms with Crippen molar-refractivity contribution in [2.75, 3.05) is 5.73 Å². The molecule has 4 rings (SSSR count). The number of hydrogen-bond donors (Lipinski definition) is 2. The number of phenols is 1. The van der Waals surface area contributed by atoms with E-state index in [0.29, 0.717) is 11.7 Å². The Kier molecular flexibility index (Phi) is 11.8. The third-order valence-electron chi connectivity index (χ3n) is 9.69. The fourth-order valence-electron chi connectivity index (χ4n) is 7.32. The number of aromatic nitrogens is 2. The molecule has 0 aliphatic heterocycles. The first-order chi connectivity index (χ1) is 18.6. The van der Waals surface area contributed by atoms with Crippen molar-refractivity contribution in [2.45, 2.75) is 135 Å². The number of phenolic OH excluding ortho intramolecular Hbond substituents is 1. The van der Waals surface area contributed by atoms with Gasteiger partial charge in [-0.05, 0) is 54.7 Å². The van der Waals surface area contributed by atoms with Gasteiger partial charge in [-0.1, -0.05) is 128 Å². The second kappa shape index (κ2) is 15.5. The Bertz CT molecular complexity index is 960. The largest absolute Gasteiger partial charge is 0.507 e. The molecule has 2 aliphatic rings. The summed E-state index contributed by atoms with van der Waals surface area (Å²) in [5.74, 6) is 4.03. The highest BCUT2D eigenvalue weighted by atomic mass is 16.3. The van der Waals surface area contributed by atoms with Crippen molar-refractivity contribution in [3.05, 3.63) is 35.9 Å². The Morgan fingerprint density at radius 1 is 0.658 bits per heavy atom. The predicted octanol–water partition coefficient (Wildman–Crippen LogP) is 9.82. The van der Waals surface area contributed by atoms with Crippen LogP contribution in [0, 0.1) is 17.8 Å². The molecule has 0 bridgehead atoms. The average Bonchev–Trinajstić information content (AvgIpc) is 2.97. The number of hydrogen-bond acceptors (Lipinski definition) is 4. The number of rotatable bonds is 3. The first-order valence-corrected chi connectivity index (χ1v) is 16.0. The van der Waals surface area contributed by atoms with Gasteiger partial charge in [-0.3, -0.25) is 0 Å². The second-order valence-electron chi connectivity index (χ2n) is 12.6. The first-order valence-electron chi connectivity index (χ1n) is 16.0. The molecule has 3 N–H and O–H groups in total. The molecule has 1 aromatic carbocycles. The highest BCUT2D eigenvalue weighted by Crippen LogP contribution is 2.38. The summed E-state index contributed by atoms with van der Waals surface area (Å²) in [5, 5.41) is 19.0. The number of benzene rings is 1. The summed E-state index contributed by atoms with van der Waals surface area (Å²) in [6, 6.07) is 9.47. The minimum Gasteiger partial charge on any atom is -0.507 e. The zero-order chi connectivity index (χ0) is 26.6. The molecule has 0 saturated heterocycles. The zero-order valence-corrected chi connectivity index (χ0v) is 24.1. The average molecular weight is 520 g/mol. The van der Waals surface area contributed by atoms with Gasteiger partial charge in [0.15, 0.2) is 0 Å². The second-order valence-corrected chi connectivity index (χ2v) is 12.6. The van der Waals surface area contributed by atoms with Gasteiger partial charge in [0.2, 0.25) is 0 Å². The highest BCUT2D eigenvalue weighted by Gasteiger charge is 2.23. The van der Waals surface area contributed by atoms with E-state index < -0.39 is 0 Å². The molecule has 210 valence electrons. The lowest BCUT2D eigenvalue weighted by molar-refractivity contribution is 0.234. The van der Waals surface area contributed by atoms with E-state index in [4.69, 9.17) is 5.73 Å². The standard InChI is InChI=1S/C34H53N3O/c1-26-15-5-2-3-6-17-27(19-10-9-16-26)28-18-7-4-8-21-29(22-12-11-20-28)31-25-32(36-37-34(31)35)30-23-13-14-24-33(30)38/h13-14,23-29,38H,2-12,15-22H2,1H3,(H2,35,37). The summed E-state index contributed by atoms with van der Waals surface area (Å²) in [4.78, 5) is 0. The predicted molar refractivity (Wildman–Crippen MR) is 160 cm³/mol. The molecule has 1 heterocycles. The lowest BCUT2D eigenvalue weighted by Gasteiger charge is -2.28. The lowest BCUT2D eigenvalue weighted by Crippen LogP contribution is -2.16. The van der Waals surface area contributed by atoms with Crippen molar-refractivity contribution in [3.63, 3.8) is 0 Å². The monoisotopic (exact) mass is 519 g/mol. The van der Waals surface area contributed by atoms with E-state index in [2.05, 4.69) is 23.2 Å². The van der Waals surface area contributed by atoms with Gasteiger partial charge in [0, 0.05) is 11.1 Å². The maximum Gasteiger partial charge on any atom is 0.149 e. The van der Waals surface area contributed by atoms with Crippen LogP contribution in [0.15, 0.2) is 30.3 Å². The fraction of sp³-hybridized carbons (Fsp3) is 0.706. The van der Waals surface area contributed by atoms with E-state index in [1.54, 1.807) is 6.07 Å². The normalized spacial score (nSPS) is 27.4. The first kappa shape index (κ1) is 28.9. The maximum absolute atomic E-state index is 10.4. The molecule has 2 fully saturated rings. The Morgan fingerprint density at radius 3 is 1.82 bits per heavy atom. The van der Waals surface area contributed by atoms with Crippen LogP contribution < -0.4 is 5.73 Å². The van der Waals surface area contributed by atoms with E-state index >= 15 is 0 Å². The van der Waals surface area contributed by atoms with Crippen LogP contribution in [0.1, 0.15) is 140 Å². The van der Waals surface area contributed by atoms with E-state index in [0.717, 1.165) is 34.6 Å². The third-order valence-corrected chi connectivity index (χ3v) is 9.69. The van der Waals surface area contributed by atoms with Crippen molar-refractivity contribution in [1.29, 1.82) is 0 Å². The molecule has 1 aromatic heterocycles. The zero-order valence-electron chi connectivity index (χ0n) is 24.1. The van der Waals surface area contributed by atoms with Crippen molar-refractivity contribution in [3.8, 4) is 17.0 Å². The molecule has 2 saturated carbocycles. The van der Waals surface area contributed by atoms with E-state index in [1.807, 2.05) is 18.2 Å². The number of aromatic hydroxyl groups is 1. The summed E-state index contributed by atoms with van der Waals surface area (Å²) in [7, 11) is 0. The van der Waals surface area contributed by atoms with Crippen molar-refractivity contribution in [2.24, 2.45) is 17.8 Å². The van der Waals surface area contributed by atoms with Crippen LogP contribution in [0.25, 0.3) is 11.3 Å². The number of anilines is 1. The van der Waals surface area contributed by atoms with Gasteiger partial charge in [-0.15, -0.1) is 10.2 Å². The van der Waals surface area contributed by atoms with E-state index in [9.17, 15) is 5.11 Å². The van der Waals surface area contributed by atoms with Crippen LogP contribution in [0.2, 0.25) is 0 Å². The molecule has 0 amide bonds. The van der Waals surface area contributed by atoms with E-state index in [1.165, 1.54) is 122 Å². The van der Waals surface area contributed by atoms with Crippen LogP contribution in [-0.2, 0) is 0 Å². The number of nitrogens with zero attached hydrogens (tertiary/aromatic N) is 2. The molecule has 2 aromatic rings. The summed E-state index contributed by atoms with van der Waals surface area (Å²) < 4.78 is 0. The minimum atomic E-state index is 0.243. The quantitative estimate of drug-likeness (QED) is 0.423. The molecular weight excluding hydrogens is 466 g/mol. The fourth-order valence-corrected chi connectivity index (χ4v) is 7.32. The van der Waals surface area contributed by atoms with Crippen LogP contribution in [-0.4, -0.2) is 15.3 Å². The topological polar surface area (TPSA) is 72.0 Å². The highest BCUT2D eigenvalue weighted by molar-refractivity contribution is 5.67. The van der Waals surface area contributed by atoms with Crippen molar-refractivity contribution >= 4 is 5.82 Å². The minimum absolute atomic E-state index is 0.243. The van der Waals surface area contributed by atoms with Gasteiger partial charge in [0.25, 0.3) is 0 Å². The summed E-state index contributed by atoms with van der Waals surface area (Å²) >= 11 is 0. The molecule has 0 spiro atoms. The van der Waals surface area contributed by atoms with E-state index in [-0.39, 0.29) is 5.75 Å². The molecular formula is C34H53N3O. The van der Waals surface area contributed by atoms with Gasteiger partial charge < -0.3 is 10.8 Å². The summed E-state index contributed by atoms with van der Waals surface area (Å²) in [6.45, 7) is 2.47. The van der Waals surface area contributed by atoms with Crippen LogP contribution in [0.4, 0.5) is 5.82 Å². The molecule has 38 heavy (non-hydrogen) atoms. The van der Waals surface area contributed by atoms with Gasteiger partial charge in [-0.25, -0.2) is 0 Å². The summed E-state index contributed by atoms with van der Waals surface area (Å²) in [6.07, 6.45) is 26.2. The van der Waals surface area contributed by atoms with Crippen LogP contribution in [0.3, 0.4) is 0 Å². The number of para-hydroxylation sites is 1. The van der Waals surface area contributed by atoms with Gasteiger partial charge in [-0.2, -0.15) is 0 Å². The Morgan fingerprint density at radius 2 is 1.16 bits per heavy atom. The maximum atomic E-state index is 10.4. The Balaban J connectivity index is 1.38. The van der Waals surface area contributed by atoms with Gasteiger partial charge in [0.05, 0.1) is 5.69 Å². The molecule has 4 unspecified atom stereocenters. The van der Waals surface area contributed by atoms with Crippen molar-refractivity contribution in [1.82, 2.24) is 10.2 Å². The summed E-state index contributed by atoms with van der Waals surface area (Å²) in [5.41, 5.74) is 8.97. The molecule has 4 nitrogen and oxygen atoms in total. The van der Waals surface area contributed by atoms with Crippen LogP contribution in [0.5, 0.6) is 5.75 Å². The van der Waals surface area contributed by atoms with Gasteiger partial charge in [0.1, 0.15) is 11.6 Å². The molecule has 2 aliphatic carbocycles. The smallest absolute Gasteiger partial charge is 0.149 e. The van der Waals surface area contributed by atoms with Crippen LogP contribution >= 0.6 is 0 Å². The Hall–Kier alpha value is -2.10. The lowest BCUT2D eigenvalue weighted by atomic mass is 9.77. The Labute approximate surface area is 232 Å². The number of nitrogens with two attached hydrogens (primary N) is 1. The molecule has 4 atom stereocenters. The third kappa shape index (κ3) is 8.71. The molecule has 4 heteroatoms. The van der Waals surface area contributed by atoms with Crippen molar-refractivity contribution < 1.29 is 5.11 Å².